The van der Waals surface area contributed by atoms with Crippen molar-refractivity contribution < 1.29 is 4.79 Å². The molecular weight excluding hydrogens is 344 g/mol. The molecule has 134 valence electrons. The molecule has 0 saturated heterocycles. The predicted molar refractivity (Wildman–Crippen MR) is 104 cm³/mol. The van der Waals surface area contributed by atoms with Crippen LogP contribution in [0.2, 0.25) is 0 Å². The summed E-state index contributed by atoms with van der Waals surface area (Å²) < 4.78 is 2.02. The van der Waals surface area contributed by atoms with Crippen LogP contribution in [-0.4, -0.2) is 31.3 Å². The minimum absolute atomic E-state index is 0.195. The minimum Gasteiger partial charge on any atom is -0.302 e. The molecule has 0 saturated carbocycles. The Morgan fingerprint density at radius 1 is 1.12 bits per heavy atom. The van der Waals surface area contributed by atoms with Crippen LogP contribution in [-0.2, 0) is 17.8 Å². The molecular formula is C20H22N4OS. The summed E-state index contributed by atoms with van der Waals surface area (Å²) in [4.78, 5) is 16.6. The van der Waals surface area contributed by atoms with Crippen molar-refractivity contribution >= 4 is 17.5 Å². The van der Waals surface area contributed by atoms with Crippen molar-refractivity contribution in [3.63, 3.8) is 0 Å². The summed E-state index contributed by atoms with van der Waals surface area (Å²) in [5.74, 6) is 1.37. The molecule has 0 aliphatic heterocycles. The molecule has 0 aliphatic carbocycles. The number of aryl methyl sites for hydroxylation is 2. The van der Waals surface area contributed by atoms with Crippen LogP contribution in [0.5, 0.6) is 0 Å². The molecule has 1 aromatic carbocycles. The lowest BCUT2D eigenvalue weighted by atomic mass is 9.99. The Kier molecular flexibility index (Phi) is 5.83. The zero-order valence-corrected chi connectivity index (χ0v) is 16.1. The molecule has 6 heteroatoms. The maximum atomic E-state index is 12.5. The SMILES string of the molecule is CCn1c(SCC(=O)Cc2c(C)cccc2C)nnc1-c1cccnc1. The molecule has 0 N–H and O–H groups in total. The van der Waals surface area contributed by atoms with E-state index in [0.717, 1.165) is 28.7 Å². The van der Waals surface area contributed by atoms with E-state index in [9.17, 15) is 4.79 Å². The Morgan fingerprint density at radius 3 is 2.54 bits per heavy atom. The number of pyridine rings is 1. The standard InChI is InChI=1S/C20H22N4OS/c1-4-24-19(16-9-6-10-21-12-16)22-23-20(24)26-13-17(25)11-18-14(2)7-5-8-15(18)3/h5-10,12H,4,11,13H2,1-3H3. The Bertz CT molecular complexity index is 885. The normalized spacial score (nSPS) is 10.9. The van der Waals surface area contributed by atoms with Gasteiger partial charge in [-0.05, 0) is 49.6 Å². The smallest absolute Gasteiger partial charge is 0.191 e. The number of thioether (sulfide) groups is 1. The van der Waals surface area contributed by atoms with Gasteiger partial charge in [-0.1, -0.05) is 30.0 Å². The van der Waals surface area contributed by atoms with Crippen LogP contribution in [0.15, 0.2) is 47.9 Å². The molecule has 2 aromatic heterocycles. The Labute approximate surface area is 157 Å². The fraction of sp³-hybridized carbons (Fsp3) is 0.300. The van der Waals surface area contributed by atoms with Gasteiger partial charge in [-0.3, -0.25) is 9.78 Å². The molecule has 0 amide bonds. The number of ketones is 1. The third-order valence-corrected chi connectivity index (χ3v) is 5.36. The van der Waals surface area contributed by atoms with E-state index >= 15 is 0 Å². The topological polar surface area (TPSA) is 60.7 Å². The zero-order valence-electron chi connectivity index (χ0n) is 15.3. The lowest BCUT2D eigenvalue weighted by molar-refractivity contribution is -0.116. The van der Waals surface area contributed by atoms with Gasteiger partial charge in [0.25, 0.3) is 0 Å². The number of hydrogen-bond acceptors (Lipinski definition) is 5. The average molecular weight is 366 g/mol. The molecule has 0 unspecified atom stereocenters. The summed E-state index contributed by atoms with van der Waals surface area (Å²) in [6.07, 6.45) is 3.97. The van der Waals surface area contributed by atoms with E-state index in [1.54, 1.807) is 12.4 Å². The van der Waals surface area contributed by atoms with Crippen LogP contribution < -0.4 is 0 Å². The molecule has 0 radical (unpaired) electrons. The predicted octanol–water partition coefficient (Wildman–Crippen LogP) is 3.88. The molecule has 2 heterocycles. The lowest BCUT2D eigenvalue weighted by Crippen LogP contribution is -2.09. The highest BCUT2D eigenvalue weighted by atomic mass is 32.2. The number of Topliss-reactive ketones (excluding diaryl/α,β-unsaturated/α-hetero) is 1. The van der Waals surface area contributed by atoms with Gasteiger partial charge in [-0.2, -0.15) is 0 Å². The molecule has 5 nitrogen and oxygen atoms in total. The quantitative estimate of drug-likeness (QED) is 0.594. The van der Waals surface area contributed by atoms with Gasteiger partial charge in [0.1, 0.15) is 5.78 Å². The summed E-state index contributed by atoms with van der Waals surface area (Å²) in [5, 5.41) is 9.33. The van der Waals surface area contributed by atoms with E-state index in [-0.39, 0.29) is 5.78 Å². The fourth-order valence-electron chi connectivity index (χ4n) is 2.91. The van der Waals surface area contributed by atoms with Crippen molar-refractivity contribution in [3.8, 4) is 11.4 Å². The maximum Gasteiger partial charge on any atom is 0.191 e. The zero-order chi connectivity index (χ0) is 18.5. The van der Waals surface area contributed by atoms with E-state index in [1.165, 1.54) is 22.9 Å². The number of carbonyl (C=O) groups excluding carboxylic acids is 1. The summed E-state index contributed by atoms with van der Waals surface area (Å²) >= 11 is 1.45. The van der Waals surface area contributed by atoms with E-state index in [1.807, 2.05) is 29.7 Å². The molecule has 0 bridgehead atoms. The van der Waals surface area contributed by atoms with Crippen LogP contribution in [0.25, 0.3) is 11.4 Å². The molecule has 0 aliphatic rings. The summed E-state index contributed by atoms with van der Waals surface area (Å²) in [7, 11) is 0. The first-order valence-corrected chi connectivity index (χ1v) is 9.62. The van der Waals surface area contributed by atoms with Gasteiger partial charge in [-0.25, -0.2) is 0 Å². The lowest BCUT2D eigenvalue weighted by Gasteiger charge is -2.09. The summed E-state index contributed by atoms with van der Waals surface area (Å²) in [6, 6.07) is 9.97. The van der Waals surface area contributed by atoms with E-state index < -0.39 is 0 Å². The van der Waals surface area contributed by atoms with Crippen molar-refractivity contribution in [3.05, 3.63) is 59.4 Å². The van der Waals surface area contributed by atoms with Crippen molar-refractivity contribution in [2.75, 3.05) is 5.75 Å². The van der Waals surface area contributed by atoms with Crippen LogP contribution in [0.1, 0.15) is 23.6 Å². The average Bonchev–Trinajstić information content (AvgIpc) is 3.07. The monoisotopic (exact) mass is 366 g/mol. The van der Waals surface area contributed by atoms with E-state index in [0.29, 0.717) is 12.2 Å². The van der Waals surface area contributed by atoms with Gasteiger partial charge in [0.05, 0.1) is 5.75 Å². The van der Waals surface area contributed by atoms with Gasteiger partial charge >= 0.3 is 0 Å². The molecule has 0 spiro atoms. The highest BCUT2D eigenvalue weighted by Gasteiger charge is 2.15. The third-order valence-electron chi connectivity index (χ3n) is 4.33. The van der Waals surface area contributed by atoms with Gasteiger partial charge < -0.3 is 4.57 Å². The largest absolute Gasteiger partial charge is 0.302 e. The maximum absolute atomic E-state index is 12.5. The van der Waals surface area contributed by atoms with Crippen molar-refractivity contribution in [2.45, 2.75) is 38.9 Å². The third kappa shape index (κ3) is 4.02. The first-order chi connectivity index (χ1) is 12.6. The van der Waals surface area contributed by atoms with Crippen molar-refractivity contribution in [1.29, 1.82) is 0 Å². The van der Waals surface area contributed by atoms with Crippen LogP contribution in [0, 0.1) is 13.8 Å². The molecule has 26 heavy (non-hydrogen) atoms. The van der Waals surface area contributed by atoms with Crippen LogP contribution >= 0.6 is 11.8 Å². The second-order valence-electron chi connectivity index (χ2n) is 6.17. The number of nitrogens with zero attached hydrogens (tertiary/aromatic N) is 4. The van der Waals surface area contributed by atoms with Crippen LogP contribution in [0.4, 0.5) is 0 Å². The molecule has 0 atom stereocenters. The highest BCUT2D eigenvalue weighted by Crippen LogP contribution is 2.24. The van der Waals surface area contributed by atoms with Crippen LogP contribution in [0.3, 0.4) is 0 Å². The number of rotatable bonds is 7. The number of hydrogen-bond donors (Lipinski definition) is 0. The van der Waals surface area contributed by atoms with Crippen molar-refractivity contribution in [1.82, 2.24) is 19.7 Å². The first kappa shape index (κ1) is 18.3. The Hall–Kier alpha value is -2.47. The number of aromatic nitrogens is 4. The number of carbonyl (C=O) groups is 1. The second-order valence-corrected chi connectivity index (χ2v) is 7.11. The van der Waals surface area contributed by atoms with Gasteiger partial charge in [-0.15, -0.1) is 10.2 Å². The molecule has 3 aromatic rings. The van der Waals surface area contributed by atoms with Crippen molar-refractivity contribution in [2.24, 2.45) is 0 Å². The number of benzene rings is 1. The highest BCUT2D eigenvalue weighted by molar-refractivity contribution is 7.99. The summed E-state index contributed by atoms with van der Waals surface area (Å²) in [5.41, 5.74) is 4.39. The van der Waals surface area contributed by atoms with Gasteiger partial charge in [0.15, 0.2) is 11.0 Å². The van der Waals surface area contributed by atoms with E-state index in [4.69, 9.17) is 0 Å². The Balaban J connectivity index is 1.70. The first-order valence-electron chi connectivity index (χ1n) is 8.63. The van der Waals surface area contributed by atoms with Gasteiger partial charge in [0, 0.05) is 30.9 Å². The van der Waals surface area contributed by atoms with Gasteiger partial charge in [0.2, 0.25) is 0 Å². The summed E-state index contributed by atoms with van der Waals surface area (Å²) in [6.45, 7) is 6.89. The minimum atomic E-state index is 0.195. The second kappa shape index (κ2) is 8.27. The molecule has 0 fully saturated rings. The fourth-order valence-corrected chi connectivity index (χ4v) is 3.77. The molecule has 3 rings (SSSR count). The Morgan fingerprint density at radius 2 is 1.88 bits per heavy atom. The van der Waals surface area contributed by atoms with E-state index in [2.05, 4.69) is 41.2 Å².